The van der Waals surface area contributed by atoms with Crippen LogP contribution in [0, 0.1) is 0 Å². The van der Waals surface area contributed by atoms with Crippen molar-refractivity contribution in [3.63, 3.8) is 0 Å². The van der Waals surface area contributed by atoms with Crippen LogP contribution in [0.5, 0.6) is 0 Å². The first-order valence-corrected chi connectivity index (χ1v) is 9.78. The van der Waals surface area contributed by atoms with Crippen molar-refractivity contribution in [2.24, 2.45) is 5.14 Å². The number of aromatic nitrogens is 2. The van der Waals surface area contributed by atoms with Crippen molar-refractivity contribution in [3.8, 4) is 0 Å². The molecule has 2 aliphatic rings. The van der Waals surface area contributed by atoms with Crippen LogP contribution < -0.4 is 10.0 Å². The summed E-state index contributed by atoms with van der Waals surface area (Å²) in [5.41, 5.74) is 1.78. The molecule has 1 saturated carbocycles. The minimum absolute atomic E-state index is 0.154. The first kappa shape index (κ1) is 15.5. The zero-order chi connectivity index (χ0) is 16.7. The molecule has 126 valence electrons. The van der Waals surface area contributed by atoms with Crippen molar-refractivity contribution in [2.45, 2.75) is 36.0 Å². The molecule has 2 unspecified atom stereocenters. The number of rotatable bonds is 4. The Labute approximate surface area is 141 Å². The average molecular weight is 344 g/mol. The van der Waals surface area contributed by atoms with Gasteiger partial charge in [-0.2, -0.15) is 0 Å². The van der Waals surface area contributed by atoms with E-state index in [0.29, 0.717) is 0 Å². The monoisotopic (exact) mass is 344 g/mol. The molecule has 2 aromatic rings. The molecule has 2 atom stereocenters. The number of hydrogen-bond acceptors (Lipinski definition) is 5. The SMILES string of the molecule is NS(=O)(=O)c1ccccc1C1CC1c1ccnc(N2CCCC2)n1. The smallest absolute Gasteiger partial charge is 0.238 e. The van der Waals surface area contributed by atoms with Crippen molar-refractivity contribution < 1.29 is 8.42 Å². The maximum Gasteiger partial charge on any atom is 0.238 e. The summed E-state index contributed by atoms with van der Waals surface area (Å²) >= 11 is 0. The topological polar surface area (TPSA) is 89.2 Å². The van der Waals surface area contributed by atoms with Crippen LogP contribution in [0.2, 0.25) is 0 Å². The highest BCUT2D eigenvalue weighted by Crippen LogP contribution is 2.55. The third-order valence-electron chi connectivity index (χ3n) is 4.85. The van der Waals surface area contributed by atoms with Crippen LogP contribution in [-0.2, 0) is 10.0 Å². The molecule has 1 aliphatic heterocycles. The Morgan fingerprint density at radius 2 is 1.83 bits per heavy atom. The van der Waals surface area contributed by atoms with Crippen LogP contribution in [0.3, 0.4) is 0 Å². The number of nitrogens with zero attached hydrogens (tertiary/aromatic N) is 3. The number of benzene rings is 1. The molecule has 24 heavy (non-hydrogen) atoms. The van der Waals surface area contributed by atoms with E-state index in [1.54, 1.807) is 18.3 Å². The molecule has 7 heteroatoms. The summed E-state index contributed by atoms with van der Waals surface area (Å²) in [7, 11) is -3.71. The number of nitrogens with two attached hydrogens (primary N) is 1. The van der Waals surface area contributed by atoms with Crippen LogP contribution in [0.4, 0.5) is 5.95 Å². The average Bonchev–Trinajstić information content (AvgIpc) is 3.19. The molecule has 6 nitrogen and oxygen atoms in total. The molecule has 0 amide bonds. The highest BCUT2D eigenvalue weighted by Gasteiger charge is 2.43. The molecule has 4 rings (SSSR count). The molecule has 0 radical (unpaired) electrons. The lowest BCUT2D eigenvalue weighted by Crippen LogP contribution is -2.20. The van der Waals surface area contributed by atoms with Crippen LogP contribution in [0.15, 0.2) is 41.4 Å². The fourth-order valence-electron chi connectivity index (χ4n) is 3.55. The lowest BCUT2D eigenvalue weighted by Gasteiger charge is -2.15. The van der Waals surface area contributed by atoms with Gasteiger partial charge in [-0.05, 0) is 42.9 Å². The Bertz CT molecular complexity index is 862. The molecule has 2 N–H and O–H groups in total. The van der Waals surface area contributed by atoms with Gasteiger partial charge in [-0.15, -0.1) is 0 Å². The maximum absolute atomic E-state index is 11.8. The Morgan fingerprint density at radius 1 is 1.08 bits per heavy atom. The zero-order valence-electron chi connectivity index (χ0n) is 13.3. The molecule has 0 spiro atoms. The van der Waals surface area contributed by atoms with Crippen molar-refractivity contribution >= 4 is 16.0 Å². The largest absolute Gasteiger partial charge is 0.341 e. The Kier molecular flexibility index (Phi) is 3.77. The van der Waals surface area contributed by atoms with Gasteiger partial charge in [-0.25, -0.2) is 23.5 Å². The van der Waals surface area contributed by atoms with Gasteiger partial charge in [0.25, 0.3) is 0 Å². The number of hydrogen-bond donors (Lipinski definition) is 1. The molecule has 2 fully saturated rings. The third kappa shape index (κ3) is 2.89. The van der Waals surface area contributed by atoms with Crippen LogP contribution in [-0.4, -0.2) is 31.5 Å². The highest BCUT2D eigenvalue weighted by molar-refractivity contribution is 7.89. The molecule has 2 heterocycles. The van der Waals surface area contributed by atoms with E-state index in [0.717, 1.165) is 36.7 Å². The van der Waals surface area contributed by atoms with E-state index in [1.807, 2.05) is 18.2 Å². The first-order valence-electron chi connectivity index (χ1n) is 8.23. The fourth-order valence-corrected chi connectivity index (χ4v) is 4.37. The Balaban J connectivity index is 1.60. The van der Waals surface area contributed by atoms with E-state index in [9.17, 15) is 8.42 Å². The second-order valence-corrected chi connectivity index (χ2v) is 8.04. The molecular weight excluding hydrogens is 324 g/mol. The van der Waals surface area contributed by atoms with Crippen molar-refractivity contribution in [1.82, 2.24) is 9.97 Å². The fraction of sp³-hybridized carbons (Fsp3) is 0.412. The van der Waals surface area contributed by atoms with E-state index in [-0.39, 0.29) is 16.7 Å². The summed E-state index contributed by atoms with van der Waals surface area (Å²) in [4.78, 5) is 11.5. The summed E-state index contributed by atoms with van der Waals surface area (Å²) < 4.78 is 23.6. The standard InChI is InChI=1S/C17H20N4O2S/c18-24(22,23)16-6-2-1-5-12(16)13-11-14(13)15-7-8-19-17(20-15)21-9-3-4-10-21/h1-2,5-8,13-14H,3-4,9-11H2,(H2,18,22,23). The van der Waals surface area contributed by atoms with Crippen molar-refractivity contribution in [2.75, 3.05) is 18.0 Å². The molecule has 1 aliphatic carbocycles. The Morgan fingerprint density at radius 3 is 2.58 bits per heavy atom. The normalized spacial score (nSPS) is 23.5. The van der Waals surface area contributed by atoms with Gasteiger partial charge < -0.3 is 4.90 Å². The van der Waals surface area contributed by atoms with Gasteiger partial charge >= 0.3 is 0 Å². The number of anilines is 1. The quantitative estimate of drug-likeness (QED) is 0.916. The molecule has 1 aromatic carbocycles. The summed E-state index contributed by atoms with van der Waals surface area (Å²) in [6.07, 6.45) is 5.06. The van der Waals surface area contributed by atoms with Crippen molar-refractivity contribution in [1.29, 1.82) is 0 Å². The van der Waals surface area contributed by atoms with Crippen LogP contribution in [0.1, 0.15) is 42.4 Å². The van der Waals surface area contributed by atoms with Gasteiger partial charge in [0.2, 0.25) is 16.0 Å². The van der Waals surface area contributed by atoms with E-state index >= 15 is 0 Å². The van der Waals surface area contributed by atoms with Gasteiger partial charge in [0.1, 0.15) is 0 Å². The lowest BCUT2D eigenvalue weighted by atomic mass is 10.1. The Hall–Kier alpha value is -1.99. The summed E-state index contributed by atoms with van der Waals surface area (Å²) in [6, 6.07) is 8.93. The zero-order valence-corrected chi connectivity index (χ0v) is 14.1. The second kappa shape index (κ2) is 5.82. The van der Waals surface area contributed by atoms with Gasteiger partial charge in [0.15, 0.2) is 0 Å². The van der Waals surface area contributed by atoms with E-state index in [4.69, 9.17) is 10.1 Å². The molecule has 1 saturated heterocycles. The van der Waals surface area contributed by atoms with E-state index in [1.165, 1.54) is 12.8 Å². The first-order chi connectivity index (χ1) is 11.5. The highest BCUT2D eigenvalue weighted by atomic mass is 32.2. The number of primary sulfonamides is 1. The third-order valence-corrected chi connectivity index (χ3v) is 5.83. The van der Waals surface area contributed by atoms with Gasteiger partial charge in [0.05, 0.1) is 4.90 Å². The molecular formula is C17H20N4O2S. The molecule has 1 aromatic heterocycles. The minimum Gasteiger partial charge on any atom is -0.341 e. The minimum atomic E-state index is -3.71. The van der Waals surface area contributed by atoms with E-state index in [2.05, 4.69) is 9.88 Å². The summed E-state index contributed by atoms with van der Waals surface area (Å²) in [6.45, 7) is 2.01. The maximum atomic E-state index is 11.8. The summed E-state index contributed by atoms with van der Waals surface area (Å²) in [5.74, 6) is 1.17. The van der Waals surface area contributed by atoms with Gasteiger partial charge in [-0.1, -0.05) is 18.2 Å². The number of sulfonamides is 1. The van der Waals surface area contributed by atoms with Crippen molar-refractivity contribution in [3.05, 3.63) is 47.8 Å². The summed E-state index contributed by atoms with van der Waals surface area (Å²) in [5, 5.41) is 5.35. The van der Waals surface area contributed by atoms with Gasteiger partial charge in [-0.3, -0.25) is 0 Å². The van der Waals surface area contributed by atoms with Gasteiger partial charge in [0, 0.05) is 30.9 Å². The predicted octanol–water partition coefficient (Wildman–Crippen LogP) is 2.00. The lowest BCUT2D eigenvalue weighted by molar-refractivity contribution is 0.596. The molecule has 0 bridgehead atoms. The van der Waals surface area contributed by atoms with Crippen LogP contribution >= 0.6 is 0 Å². The second-order valence-electron chi connectivity index (χ2n) is 6.51. The van der Waals surface area contributed by atoms with Crippen LogP contribution in [0.25, 0.3) is 0 Å². The van der Waals surface area contributed by atoms with E-state index < -0.39 is 10.0 Å². The predicted molar refractivity (Wildman–Crippen MR) is 91.4 cm³/mol.